The van der Waals surface area contributed by atoms with Gasteiger partial charge in [-0.3, -0.25) is 4.57 Å². The van der Waals surface area contributed by atoms with E-state index in [1.54, 1.807) is 0 Å². The molecule has 0 aliphatic carbocycles. The van der Waals surface area contributed by atoms with Gasteiger partial charge in [0.15, 0.2) is 0 Å². The summed E-state index contributed by atoms with van der Waals surface area (Å²) in [6.45, 7) is 2.71. The second-order valence-electron chi connectivity index (χ2n) is 3.50. The summed E-state index contributed by atoms with van der Waals surface area (Å²) < 4.78 is 49.8. The number of alkyl halides is 2. The number of nitrogens with two attached hydrogens (primary N) is 1. The van der Waals surface area contributed by atoms with Gasteiger partial charge in [0, 0.05) is 11.3 Å². The van der Waals surface area contributed by atoms with Crippen LogP contribution in [0.2, 0.25) is 0 Å². The van der Waals surface area contributed by atoms with Crippen LogP contribution in [0.15, 0.2) is 24.3 Å². The first-order valence-corrected chi connectivity index (χ1v) is 7.04. The van der Waals surface area contributed by atoms with E-state index in [0.717, 1.165) is 12.1 Å². The molecule has 4 nitrogen and oxygen atoms in total. The molecular weight excluding hydrogens is 299 g/mol. The van der Waals surface area contributed by atoms with Crippen LogP contribution in [0.3, 0.4) is 0 Å². The maximum atomic E-state index is 14.2. The molecule has 1 aromatic rings. The van der Waals surface area contributed by atoms with Crippen molar-refractivity contribution in [1.82, 2.24) is 0 Å². The number of nitrogen functional groups attached to an aromatic ring is 1. The van der Waals surface area contributed by atoms with Crippen molar-refractivity contribution in [1.29, 1.82) is 0 Å². The van der Waals surface area contributed by atoms with Gasteiger partial charge < -0.3 is 14.8 Å². The first kappa shape index (κ1) is 18.3. The lowest BCUT2D eigenvalue weighted by Crippen LogP contribution is -2.18. The van der Waals surface area contributed by atoms with Crippen molar-refractivity contribution in [2.24, 2.45) is 0 Å². The molecule has 0 saturated heterocycles. The van der Waals surface area contributed by atoms with Gasteiger partial charge in [-0.1, -0.05) is 12.1 Å². The first-order valence-electron chi connectivity index (χ1n) is 5.50. The highest BCUT2D eigenvalue weighted by Gasteiger charge is 2.54. The third-order valence-corrected chi connectivity index (χ3v) is 4.34. The summed E-state index contributed by atoms with van der Waals surface area (Å²) >= 11 is 0. The molecule has 110 valence electrons. The van der Waals surface area contributed by atoms with Gasteiger partial charge in [0.05, 0.1) is 13.2 Å². The van der Waals surface area contributed by atoms with Crippen LogP contribution in [0.5, 0.6) is 0 Å². The average Bonchev–Trinajstić information content (AvgIpc) is 2.30. The fraction of sp³-hybridized carbons (Fsp3) is 0.455. The SMILES string of the molecule is CCOP(=O)(OCC)C(F)(F)c1ccc(N)cc1.Cl. The van der Waals surface area contributed by atoms with Gasteiger partial charge in [0.25, 0.3) is 0 Å². The summed E-state index contributed by atoms with van der Waals surface area (Å²) in [6, 6.07) is 4.84. The predicted molar refractivity (Wildman–Crippen MR) is 72.9 cm³/mol. The minimum Gasteiger partial charge on any atom is -0.399 e. The van der Waals surface area contributed by atoms with Gasteiger partial charge >= 0.3 is 13.3 Å². The van der Waals surface area contributed by atoms with E-state index >= 15 is 0 Å². The first-order chi connectivity index (χ1) is 8.37. The average molecular weight is 316 g/mol. The minimum atomic E-state index is -4.53. The van der Waals surface area contributed by atoms with E-state index in [1.807, 2.05) is 0 Å². The predicted octanol–water partition coefficient (Wildman–Crippen LogP) is 4.01. The zero-order valence-electron chi connectivity index (χ0n) is 10.6. The fourth-order valence-corrected chi connectivity index (χ4v) is 2.93. The Morgan fingerprint density at radius 2 is 1.58 bits per heavy atom. The zero-order chi connectivity index (χ0) is 13.8. The number of halogens is 3. The maximum absolute atomic E-state index is 14.2. The lowest BCUT2D eigenvalue weighted by atomic mass is 10.2. The molecule has 1 aromatic carbocycles. The minimum absolute atomic E-state index is 0. The summed E-state index contributed by atoms with van der Waals surface area (Å²) in [5, 5.41) is 0. The summed E-state index contributed by atoms with van der Waals surface area (Å²) in [5.41, 5.74) is 1.62. The van der Waals surface area contributed by atoms with Crippen LogP contribution in [0.25, 0.3) is 0 Å². The van der Waals surface area contributed by atoms with Gasteiger partial charge in [-0.15, -0.1) is 12.4 Å². The van der Waals surface area contributed by atoms with Crippen LogP contribution in [-0.4, -0.2) is 13.2 Å². The number of hydrogen-bond donors (Lipinski definition) is 1. The third kappa shape index (κ3) is 3.89. The lowest BCUT2D eigenvalue weighted by Gasteiger charge is -2.25. The number of rotatable bonds is 6. The Bertz CT molecular complexity index is 432. The van der Waals surface area contributed by atoms with Crippen molar-refractivity contribution in [2.45, 2.75) is 19.5 Å². The van der Waals surface area contributed by atoms with Crippen LogP contribution in [0, 0.1) is 0 Å². The molecule has 2 N–H and O–H groups in total. The van der Waals surface area contributed by atoms with E-state index in [9.17, 15) is 13.3 Å². The molecule has 0 atom stereocenters. The van der Waals surface area contributed by atoms with Gasteiger partial charge in [-0.05, 0) is 26.0 Å². The second-order valence-corrected chi connectivity index (χ2v) is 5.57. The van der Waals surface area contributed by atoms with Crippen molar-refractivity contribution in [3.8, 4) is 0 Å². The number of benzene rings is 1. The van der Waals surface area contributed by atoms with E-state index in [0.29, 0.717) is 5.69 Å². The molecule has 8 heteroatoms. The smallest absolute Gasteiger partial charge is 0.399 e. The normalized spacial score (nSPS) is 12.0. The molecule has 0 fully saturated rings. The molecule has 1 rings (SSSR count). The summed E-state index contributed by atoms with van der Waals surface area (Å²) in [7, 11) is -4.53. The van der Waals surface area contributed by atoms with Crippen molar-refractivity contribution in [3.05, 3.63) is 29.8 Å². The van der Waals surface area contributed by atoms with Crippen LogP contribution in [-0.2, 0) is 19.3 Å². The summed E-state index contributed by atoms with van der Waals surface area (Å²) in [5.74, 6) is 0. The third-order valence-electron chi connectivity index (χ3n) is 2.20. The Kier molecular flexibility index (Phi) is 6.94. The molecule has 0 unspecified atom stereocenters. The highest BCUT2D eigenvalue weighted by molar-refractivity contribution is 7.54. The molecule has 0 heterocycles. The molecule has 0 amide bonds. The van der Waals surface area contributed by atoms with Crippen molar-refractivity contribution < 1.29 is 22.4 Å². The standard InChI is InChI=1S/C11H16F2NO3P.ClH/c1-3-16-18(15,17-4-2)11(12,13)9-5-7-10(14)8-6-9;/h5-8H,3-4,14H2,1-2H3;1H. The van der Waals surface area contributed by atoms with Crippen LogP contribution in [0.4, 0.5) is 14.5 Å². The van der Waals surface area contributed by atoms with E-state index in [1.165, 1.54) is 26.0 Å². The topological polar surface area (TPSA) is 61.5 Å². The summed E-state index contributed by atoms with van der Waals surface area (Å²) in [4.78, 5) is 0. The van der Waals surface area contributed by atoms with E-state index in [2.05, 4.69) is 9.05 Å². The number of hydrogen-bond acceptors (Lipinski definition) is 4. The van der Waals surface area contributed by atoms with Crippen molar-refractivity contribution in [3.63, 3.8) is 0 Å². The molecule has 0 saturated carbocycles. The zero-order valence-corrected chi connectivity index (χ0v) is 12.3. The Labute approximate surface area is 117 Å². The van der Waals surface area contributed by atoms with Crippen LogP contribution in [0.1, 0.15) is 19.4 Å². The van der Waals surface area contributed by atoms with E-state index in [4.69, 9.17) is 5.73 Å². The van der Waals surface area contributed by atoms with Crippen LogP contribution < -0.4 is 5.73 Å². The van der Waals surface area contributed by atoms with E-state index in [-0.39, 0.29) is 25.6 Å². The van der Waals surface area contributed by atoms with Gasteiger partial charge in [0.2, 0.25) is 0 Å². The molecule has 19 heavy (non-hydrogen) atoms. The summed E-state index contributed by atoms with van der Waals surface area (Å²) in [6.07, 6.45) is 0. The lowest BCUT2D eigenvalue weighted by molar-refractivity contribution is 0.0361. The Balaban J connectivity index is 0.00000324. The molecule has 0 aliphatic heterocycles. The van der Waals surface area contributed by atoms with Crippen molar-refractivity contribution in [2.75, 3.05) is 18.9 Å². The highest BCUT2D eigenvalue weighted by Crippen LogP contribution is 2.66. The number of anilines is 1. The molecular formula is C11H17ClF2NO3P. The molecule has 0 radical (unpaired) electrons. The van der Waals surface area contributed by atoms with Gasteiger partial charge in [-0.2, -0.15) is 8.78 Å². The highest BCUT2D eigenvalue weighted by atomic mass is 35.5. The molecule has 0 spiro atoms. The molecule has 0 bridgehead atoms. The monoisotopic (exact) mass is 315 g/mol. The fourth-order valence-electron chi connectivity index (χ4n) is 1.38. The van der Waals surface area contributed by atoms with E-state index < -0.39 is 18.8 Å². The van der Waals surface area contributed by atoms with Gasteiger partial charge in [0.1, 0.15) is 0 Å². The Hall–Kier alpha value is -0.680. The Morgan fingerprint density at radius 3 is 1.95 bits per heavy atom. The quantitative estimate of drug-likeness (QED) is 0.636. The van der Waals surface area contributed by atoms with Gasteiger partial charge in [-0.25, -0.2) is 0 Å². The van der Waals surface area contributed by atoms with Crippen LogP contribution >= 0.6 is 20.0 Å². The maximum Gasteiger partial charge on any atom is 0.404 e. The molecule has 0 aromatic heterocycles. The van der Waals surface area contributed by atoms with Crippen molar-refractivity contribution >= 4 is 25.7 Å². The Morgan fingerprint density at radius 1 is 1.16 bits per heavy atom. The largest absolute Gasteiger partial charge is 0.404 e. The molecule has 0 aliphatic rings. The second kappa shape index (κ2) is 7.20.